The first kappa shape index (κ1) is 11.9. The molecule has 3 heterocycles. The molecular weight excluding hydrogens is 252 g/mol. The van der Waals surface area contributed by atoms with Crippen molar-refractivity contribution in [3.63, 3.8) is 0 Å². The molecule has 102 valence electrons. The van der Waals surface area contributed by atoms with Crippen LogP contribution in [0.1, 0.15) is 0 Å². The zero-order valence-corrected chi connectivity index (χ0v) is 10.7. The molecule has 2 aromatic rings. The van der Waals surface area contributed by atoms with Crippen LogP contribution in [0.5, 0.6) is 6.01 Å². The molecule has 0 radical (unpaired) electrons. The molecule has 0 bridgehead atoms. The number of hydrogen-bond donors (Lipinski definition) is 0. The van der Waals surface area contributed by atoms with Gasteiger partial charge in [0.1, 0.15) is 0 Å². The second-order valence-corrected chi connectivity index (χ2v) is 4.43. The Kier molecular flexibility index (Phi) is 2.82. The standard InChI is InChI=1S/C10H14N6O3/c1-14-3-5-15(6-4-14)9-7-8(13-19-16(7)17)11-10(12-9)18-2/h3-6H2,1-2H3. The number of fused-ring (bicyclic) bond motifs is 1. The monoisotopic (exact) mass is 266 g/mol. The van der Waals surface area contributed by atoms with Gasteiger partial charge in [-0.3, -0.25) is 4.63 Å². The maximum Gasteiger partial charge on any atom is 0.349 e. The fourth-order valence-electron chi connectivity index (χ4n) is 2.09. The fourth-order valence-corrected chi connectivity index (χ4v) is 2.09. The lowest BCUT2D eigenvalue weighted by Crippen LogP contribution is -2.45. The Hall–Kier alpha value is -2.16. The smallest absolute Gasteiger partial charge is 0.349 e. The molecule has 0 aliphatic carbocycles. The number of aromatic nitrogens is 4. The van der Waals surface area contributed by atoms with Crippen LogP contribution in [0.2, 0.25) is 0 Å². The summed E-state index contributed by atoms with van der Waals surface area (Å²) in [6.07, 6.45) is 0. The van der Waals surface area contributed by atoms with Crippen molar-refractivity contribution in [1.82, 2.24) is 20.0 Å². The van der Waals surface area contributed by atoms with E-state index in [2.05, 4.69) is 31.7 Å². The molecule has 0 amide bonds. The third-order valence-corrected chi connectivity index (χ3v) is 3.20. The van der Waals surface area contributed by atoms with Gasteiger partial charge in [0.15, 0.2) is 5.82 Å². The summed E-state index contributed by atoms with van der Waals surface area (Å²) in [6.45, 7) is 3.35. The van der Waals surface area contributed by atoms with Gasteiger partial charge in [-0.05, 0) is 12.0 Å². The quantitative estimate of drug-likeness (QED) is 0.640. The van der Waals surface area contributed by atoms with Crippen molar-refractivity contribution >= 4 is 17.0 Å². The first-order valence-electron chi connectivity index (χ1n) is 5.94. The van der Waals surface area contributed by atoms with E-state index in [1.54, 1.807) is 0 Å². The van der Waals surface area contributed by atoms with Crippen molar-refractivity contribution in [2.24, 2.45) is 0 Å². The predicted molar refractivity (Wildman–Crippen MR) is 64.8 cm³/mol. The lowest BCUT2D eigenvalue weighted by atomic mass is 10.3. The van der Waals surface area contributed by atoms with E-state index >= 15 is 0 Å². The van der Waals surface area contributed by atoms with E-state index < -0.39 is 0 Å². The fraction of sp³-hybridized carbons (Fsp3) is 0.600. The van der Waals surface area contributed by atoms with Crippen LogP contribution in [0.3, 0.4) is 0 Å². The Morgan fingerprint density at radius 2 is 2.00 bits per heavy atom. The van der Waals surface area contributed by atoms with Gasteiger partial charge in [0.05, 0.1) is 12.3 Å². The highest BCUT2D eigenvalue weighted by Gasteiger charge is 2.26. The summed E-state index contributed by atoms with van der Waals surface area (Å²) in [5, 5.41) is 15.2. The first-order valence-corrected chi connectivity index (χ1v) is 5.94. The highest BCUT2D eigenvalue weighted by Crippen LogP contribution is 2.23. The summed E-state index contributed by atoms with van der Waals surface area (Å²) in [7, 11) is 3.53. The summed E-state index contributed by atoms with van der Waals surface area (Å²) in [5.41, 5.74) is 0.445. The van der Waals surface area contributed by atoms with Gasteiger partial charge in [0.25, 0.3) is 5.52 Å². The van der Waals surface area contributed by atoms with Crippen molar-refractivity contribution < 1.29 is 14.3 Å². The topological polar surface area (TPSA) is 94.5 Å². The lowest BCUT2D eigenvalue weighted by Gasteiger charge is -2.32. The molecule has 3 rings (SSSR count). The molecule has 0 N–H and O–H groups in total. The van der Waals surface area contributed by atoms with Crippen LogP contribution in [-0.2, 0) is 0 Å². The highest BCUT2D eigenvalue weighted by atomic mass is 16.8. The third kappa shape index (κ3) is 2.01. The minimum absolute atomic E-state index is 0.176. The lowest BCUT2D eigenvalue weighted by molar-refractivity contribution is -0.782. The van der Waals surface area contributed by atoms with Crippen molar-refractivity contribution in [3.05, 3.63) is 5.21 Å². The molecule has 1 fully saturated rings. The summed E-state index contributed by atoms with van der Waals surface area (Å²) >= 11 is 0. The van der Waals surface area contributed by atoms with Gasteiger partial charge < -0.3 is 19.7 Å². The molecule has 0 atom stereocenters. The zero-order chi connectivity index (χ0) is 13.4. The molecule has 9 heteroatoms. The van der Waals surface area contributed by atoms with Gasteiger partial charge >= 0.3 is 11.7 Å². The Morgan fingerprint density at radius 3 is 2.68 bits per heavy atom. The maximum absolute atomic E-state index is 11.6. The average Bonchev–Trinajstić information content (AvgIpc) is 2.80. The molecule has 0 aromatic carbocycles. The van der Waals surface area contributed by atoms with E-state index in [0.29, 0.717) is 10.7 Å². The van der Waals surface area contributed by atoms with E-state index in [1.807, 2.05) is 4.90 Å². The Bertz CT molecular complexity index is 592. The Labute approximate surface area is 108 Å². The van der Waals surface area contributed by atoms with E-state index in [9.17, 15) is 5.21 Å². The van der Waals surface area contributed by atoms with Crippen LogP contribution >= 0.6 is 0 Å². The van der Waals surface area contributed by atoms with E-state index in [4.69, 9.17) is 4.74 Å². The number of likely N-dealkylation sites (N-methyl/N-ethyl adjacent to an activating group) is 1. The van der Waals surface area contributed by atoms with Crippen LogP contribution in [0, 0.1) is 5.21 Å². The number of ether oxygens (including phenoxy) is 1. The van der Waals surface area contributed by atoms with Crippen molar-refractivity contribution in [3.8, 4) is 6.01 Å². The molecule has 1 aliphatic heterocycles. The molecular formula is C10H14N6O3. The molecule has 0 unspecified atom stereocenters. The maximum atomic E-state index is 11.6. The number of rotatable bonds is 2. The van der Waals surface area contributed by atoms with Crippen LogP contribution in [0.15, 0.2) is 4.63 Å². The normalized spacial score (nSPS) is 17.1. The van der Waals surface area contributed by atoms with Gasteiger partial charge in [-0.15, -0.1) is 4.98 Å². The molecule has 1 aliphatic rings. The largest absolute Gasteiger partial charge is 0.467 e. The minimum Gasteiger partial charge on any atom is -0.467 e. The highest BCUT2D eigenvalue weighted by molar-refractivity contribution is 5.79. The van der Waals surface area contributed by atoms with Crippen molar-refractivity contribution in [2.45, 2.75) is 0 Å². The van der Waals surface area contributed by atoms with E-state index in [-0.39, 0.29) is 17.2 Å². The van der Waals surface area contributed by atoms with Crippen molar-refractivity contribution in [2.75, 3.05) is 45.2 Å². The zero-order valence-electron chi connectivity index (χ0n) is 10.7. The molecule has 0 spiro atoms. The third-order valence-electron chi connectivity index (χ3n) is 3.20. The molecule has 0 saturated carbocycles. The molecule has 9 nitrogen and oxygen atoms in total. The number of anilines is 1. The van der Waals surface area contributed by atoms with Crippen LogP contribution in [-0.4, -0.2) is 60.4 Å². The Balaban J connectivity index is 2.07. The number of piperazine rings is 1. The molecule has 19 heavy (non-hydrogen) atoms. The first-order chi connectivity index (χ1) is 9.19. The second-order valence-electron chi connectivity index (χ2n) is 4.43. The van der Waals surface area contributed by atoms with Gasteiger partial charge in [0.2, 0.25) is 0 Å². The minimum atomic E-state index is 0.176. The van der Waals surface area contributed by atoms with Crippen LogP contribution < -0.4 is 14.5 Å². The molecule has 1 saturated heterocycles. The van der Waals surface area contributed by atoms with Gasteiger partial charge in [-0.2, -0.15) is 4.98 Å². The van der Waals surface area contributed by atoms with Crippen molar-refractivity contribution in [1.29, 1.82) is 0 Å². The Morgan fingerprint density at radius 1 is 1.26 bits per heavy atom. The van der Waals surface area contributed by atoms with Crippen LogP contribution in [0.4, 0.5) is 5.82 Å². The number of methoxy groups -OCH3 is 1. The van der Waals surface area contributed by atoms with E-state index in [0.717, 1.165) is 26.2 Å². The number of nitrogens with zero attached hydrogens (tertiary/aromatic N) is 6. The van der Waals surface area contributed by atoms with Crippen LogP contribution in [0.25, 0.3) is 11.2 Å². The van der Waals surface area contributed by atoms with Gasteiger partial charge in [-0.1, -0.05) is 0 Å². The SMILES string of the molecule is COc1nc(N2CCN(C)CC2)c2c(no[n+]2[O-])n1. The summed E-state index contributed by atoms with van der Waals surface area (Å²) < 4.78 is 9.61. The summed E-state index contributed by atoms with van der Waals surface area (Å²) in [6, 6.07) is 0.176. The molecule has 2 aromatic heterocycles. The summed E-state index contributed by atoms with van der Waals surface area (Å²) in [4.78, 5) is 12.8. The number of hydrogen-bond acceptors (Lipinski definition) is 8. The predicted octanol–water partition coefficient (Wildman–Crippen LogP) is -0.988. The van der Waals surface area contributed by atoms with Gasteiger partial charge in [0, 0.05) is 26.2 Å². The second kappa shape index (κ2) is 4.50. The average molecular weight is 266 g/mol. The summed E-state index contributed by atoms with van der Waals surface area (Å²) in [5.74, 6) is 0.506. The van der Waals surface area contributed by atoms with Gasteiger partial charge in [-0.25, -0.2) is 0 Å². The van der Waals surface area contributed by atoms with E-state index in [1.165, 1.54) is 7.11 Å².